The number of carbonyl (C=O) groups is 1. The van der Waals surface area contributed by atoms with Crippen molar-refractivity contribution in [3.05, 3.63) is 12.4 Å². The Balaban J connectivity index is 2.33. The number of aromatic nitrogens is 3. The summed E-state index contributed by atoms with van der Waals surface area (Å²) < 4.78 is 1.52. The molecule has 8 heteroatoms. The maximum atomic E-state index is 10.5. The molecule has 0 fully saturated rings. The molecular formula is C7H8N6O2. The Morgan fingerprint density at radius 3 is 3.07 bits per heavy atom. The summed E-state index contributed by atoms with van der Waals surface area (Å²) in [4.78, 5) is 15.2. The van der Waals surface area contributed by atoms with E-state index in [1.165, 1.54) is 16.9 Å². The molecule has 1 aromatic rings. The van der Waals surface area contributed by atoms with Gasteiger partial charge in [-0.05, 0) is 0 Å². The molecular weight excluding hydrogens is 200 g/mol. The van der Waals surface area contributed by atoms with E-state index in [0.29, 0.717) is 6.54 Å². The topological polar surface area (TPSA) is 119 Å². The number of oxime groups is 1. The van der Waals surface area contributed by atoms with E-state index in [4.69, 9.17) is 15.8 Å². The Bertz CT molecular complexity index is 390. The minimum Gasteiger partial charge on any atom is -0.393 e. The molecule has 0 aromatic carbocycles. The van der Waals surface area contributed by atoms with Crippen molar-refractivity contribution in [2.45, 2.75) is 6.54 Å². The lowest BCUT2D eigenvalue weighted by Gasteiger charge is -1.98. The van der Waals surface area contributed by atoms with E-state index in [1.54, 1.807) is 6.20 Å². The van der Waals surface area contributed by atoms with Crippen LogP contribution in [0.25, 0.3) is 0 Å². The number of nitrogens with two attached hydrogens (primary N) is 1. The van der Waals surface area contributed by atoms with Gasteiger partial charge in [0.25, 0.3) is 5.91 Å². The van der Waals surface area contributed by atoms with Gasteiger partial charge in [0.15, 0.2) is 0 Å². The van der Waals surface area contributed by atoms with Crippen molar-refractivity contribution < 1.29 is 9.63 Å². The zero-order chi connectivity index (χ0) is 11.1. The summed E-state index contributed by atoms with van der Waals surface area (Å²) in [5.41, 5.74) is 4.36. The number of amides is 1. The van der Waals surface area contributed by atoms with Gasteiger partial charge in [-0.2, -0.15) is 5.26 Å². The van der Waals surface area contributed by atoms with E-state index in [2.05, 4.69) is 15.5 Å². The van der Waals surface area contributed by atoms with Crippen molar-refractivity contribution in [1.82, 2.24) is 15.0 Å². The van der Waals surface area contributed by atoms with Crippen LogP contribution in [0.15, 0.2) is 17.5 Å². The van der Waals surface area contributed by atoms with Gasteiger partial charge in [-0.25, -0.2) is 4.68 Å². The SMILES string of the molecule is N#CC(=NOCCn1ccnn1)C(N)=O. The highest BCUT2D eigenvalue weighted by atomic mass is 16.6. The molecule has 15 heavy (non-hydrogen) atoms. The molecule has 8 nitrogen and oxygen atoms in total. The minimum atomic E-state index is -0.918. The Morgan fingerprint density at radius 1 is 1.73 bits per heavy atom. The molecule has 0 aliphatic heterocycles. The molecule has 1 rings (SSSR count). The van der Waals surface area contributed by atoms with Crippen LogP contribution in [-0.4, -0.2) is 33.2 Å². The predicted octanol–water partition coefficient (Wildman–Crippen LogP) is -1.34. The van der Waals surface area contributed by atoms with Gasteiger partial charge >= 0.3 is 0 Å². The third kappa shape index (κ3) is 3.43. The van der Waals surface area contributed by atoms with Crippen molar-refractivity contribution in [3.8, 4) is 6.07 Å². The summed E-state index contributed by atoms with van der Waals surface area (Å²) in [7, 11) is 0. The molecule has 0 saturated heterocycles. The van der Waals surface area contributed by atoms with Crippen molar-refractivity contribution >= 4 is 11.6 Å². The van der Waals surface area contributed by atoms with Crippen LogP contribution in [0.2, 0.25) is 0 Å². The Hall–Kier alpha value is -2.43. The summed E-state index contributed by atoms with van der Waals surface area (Å²) in [6.07, 6.45) is 3.17. The van der Waals surface area contributed by atoms with Crippen LogP contribution < -0.4 is 5.73 Å². The first kappa shape index (κ1) is 10.6. The second kappa shape index (κ2) is 5.33. The number of hydrogen-bond acceptors (Lipinski definition) is 6. The average Bonchev–Trinajstić information content (AvgIpc) is 2.70. The Kier molecular flexibility index (Phi) is 3.79. The smallest absolute Gasteiger partial charge is 0.281 e. The lowest BCUT2D eigenvalue weighted by Crippen LogP contribution is -2.22. The lowest BCUT2D eigenvalue weighted by atomic mass is 10.4. The van der Waals surface area contributed by atoms with Gasteiger partial charge in [-0.1, -0.05) is 10.4 Å². The third-order valence-corrected chi connectivity index (χ3v) is 1.38. The molecule has 1 heterocycles. The largest absolute Gasteiger partial charge is 0.393 e. The molecule has 1 amide bonds. The van der Waals surface area contributed by atoms with E-state index >= 15 is 0 Å². The van der Waals surface area contributed by atoms with E-state index in [-0.39, 0.29) is 6.61 Å². The van der Waals surface area contributed by atoms with E-state index < -0.39 is 11.6 Å². The van der Waals surface area contributed by atoms with Gasteiger partial charge in [0.05, 0.1) is 12.7 Å². The highest BCUT2D eigenvalue weighted by molar-refractivity contribution is 6.44. The molecule has 0 unspecified atom stereocenters. The highest BCUT2D eigenvalue weighted by Gasteiger charge is 2.05. The number of nitrogens with zero attached hydrogens (tertiary/aromatic N) is 5. The normalized spacial score (nSPS) is 10.7. The monoisotopic (exact) mass is 208 g/mol. The van der Waals surface area contributed by atoms with Crippen LogP contribution in [0.4, 0.5) is 0 Å². The lowest BCUT2D eigenvalue weighted by molar-refractivity contribution is -0.112. The predicted molar refractivity (Wildman–Crippen MR) is 48.2 cm³/mol. The summed E-state index contributed by atoms with van der Waals surface area (Å²) in [6.45, 7) is 0.586. The van der Waals surface area contributed by atoms with Gasteiger partial charge < -0.3 is 10.6 Å². The summed E-state index contributed by atoms with van der Waals surface area (Å²) in [6, 6.07) is 1.51. The first-order valence-corrected chi connectivity index (χ1v) is 3.98. The van der Waals surface area contributed by atoms with Crippen LogP contribution in [0, 0.1) is 11.3 Å². The summed E-state index contributed by atoms with van der Waals surface area (Å²) in [5, 5.41) is 18.9. The number of primary amides is 1. The number of nitriles is 1. The first-order chi connectivity index (χ1) is 7.24. The van der Waals surface area contributed by atoms with Gasteiger partial charge in [0.2, 0.25) is 5.71 Å². The highest BCUT2D eigenvalue weighted by Crippen LogP contribution is 1.85. The maximum Gasteiger partial charge on any atom is 0.281 e. The second-order valence-corrected chi connectivity index (χ2v) is 2.42. The number of carbonyl (C=O) groups excluding carboxylic acids is 1. The number of rotatable bonds is 5. The van der Waals surface area contributed by atoms with Gasteiger partial charge in [-0.3, -0.25) is 4.79 Å². The van der Waals surface area contributed by atoms with Crippen LogP contribution in [-0.2, 0) is 16.2 Å². The average molecular weight is 208 g/mol. The van der Waals surface area contributed by atoms with Crippen molar-refractivity contribution in [3.63, 3.8) is 0 Å². The van der Waals surface area contributed by atoms with E-state index in [0.717, 1.165) is 0 Å². The molecule has 0 atom stereocenters. The Morgan fingerprint density at radius 2 is 2.53 bits per heavy atom. The van der Waals surface area contributed by atoms with Gasteiger partial charge in [0.1, 0.15) is 12.7 Å². The van der Waals surface area contributed by atoms with Crippen molar-refractivity contribution in [2.75, 3.05) is 6.61 Å². The molecule has 1 aromatic heterocycles. The fraction of sp³-hybridized carbons (Fsp3) is 0.286. The third-order valence-electron chi connectivity index (χ3n) is 1.38. The fourth-order valence-corrected chi connectivity index (χ4v) is 0.717. The number of hydrogen-bond donors (Lipinski definition) is 1. The van der Waals surface area contributed by atoms with Crippen molar-refractivity contribution in [2.24, 2.45) is 10.9 Å². The van der Waals surface area contributed by atoms with Crippen LogP contribution in [0.3, 0.4) is 0 Å². The fourth-order valence-electron chi connectivity index (χ4n) is 0.717. The molecule has 0 bridgehead atoms. The maximum absolute atomic E-state index is 10.5. The van der Waals surface area contributed by atoms with E-state index in [1.807, 2.05) is 0 Å². The molecule has 0 radical (unpaired) electrons. The second-order valence-electron chi connectivity index (χ2n) is 2.42. The summed E-state index contributed by atoms with van der Waals surface area (Å²) in [5.74, 6) is -0.918. The molecule has 0 saturated carbocycles. The summed E-state index contributed by atoms with van der Waals surface area (Å²) >= 11 is 0. The van der Waals surface area contributed by atoms with E-state index in [9.17, 15) is 4.79 Å². The van der Waals surface area contributed by atoms with Gasteiger partial charge in [-0.15, -0.1) is 5.10 Å². The van der Waals surface area contributed by atoms with Crippen molar-refractivity contribution in [1.29, 1.82) is 5.26 Å². The quantitative estimate of drug-likeness (QED) is 0.365. The van der Waals surface area contributed by atoms with Crippen LogP contribution >= 0.6 is 0 Å². The molecule has 0 spiro atoms. The van der Waals surface area contributed by atoms with Gasteiger partial charge in [0, 0.05) is 6.20 Å². The standard InChI is InChI=1S/C7H8N6O2/c8-5-6(7(9)14)11-15-4-3-13-2-1-10-12-13/h1-2H,3-4H2,(H2,9,14). The first-order valence-electron chi connectivity index (χ1n) is 3.98. The van der Waals surface area contributed by atoms with Crippen LogP contribution in [0.5, 0.6) is 0 Å². The minimum absolute atomic E-state index is 0.168. The Labute approximate surface area is 84.9 Å². The molecule has 78 valence electrons. The zero-order valence-corrected chi connectivity index (χ0v) is 7.70. The molecule has 0 aliphatic carbocycles. The molecule has 2 N–H and O–H groups in total. The van der Waals surface area contributed by atoms with Crippen LogP contribution in [0.1, 0.15) is 0 Å². The molecule has 0 aliphatic rings. The zero-order valence-electron chi connectivity index (χ0n) is 7.70.